The fraction of sp³-hybridized carbons (Fsp3) is 0.769. The van der Waals surface area contributed by atoms with Gasteiger partial charge in [0.1, 0.15) is 0 Å². The molecule has 1 aliphatic heterocycles. The van der Waals surface area contributed by atoms with E-state index in [1.54, 1.807) is 0 Å². The molecule has 7 nitrogen and oxygen atoms in total. The van der Waals surface area contributed by atoms with Gasteiger partial charge in [0.15, 0.2) is 23.3 Å². The van der Waals surface area contributed by atoms with Crippen LogP contribution in [0.2, 0.25) is 0 Å². The van der Waals surface area contributed by atoms with E-state index in [0.717, 1.165) is 0 Å². The normalized spacial score (nSPS) is 32.1. The first kappa shape index (κ1) is 17.9. The summed E-state index contributed by atoms with van der Waals surface area (Å²) < 4.78 is 21.2. The number of alkyl halides is 1. The van der Waals surface area contributed by atoms with Crippen molar-refractivity contribution in [3.63, 3.8) is 0 Å². The summed E-state index contributed by atoms with van der Waals surface area (Å²) in [5.74, 6) is -1.65. The summed E-state index contributed by atoms with van der Waals surface area (Å²) in [5.41, 5.74) is 0. The van der Waals surface area contributed by atoms with Gasteiger partial charge < -0.3 is 18.9 Å². The van der Waals surface area contributed by atoms with Crippen LogP contribution in [0, 0.1) is 0 Å². The van der Waals surface area contributed by atoms with E-state index in [1.165, 1.54) is 20.8 Å². The number of esters is 3. The van der Waals surface area contributed by atoms with E-state index in [0.29, 0.717) is 6.42 Å². The molecule has 1 fully saturated rings. The molecule has 5 atom stereocenters. The average molecular weight is 367 g/mol. The highest BCUT2D eigenvalue weighted by Gasteiger charge is 2.50. The van der Waals surface area contributed by atoms with Crippen LogP contribution in [0.25, 0.3) is 0 Å². The van der Waals surface area contributed by atoms with Crippen LogP contribution in [-0.4, -0.2) is 47.3 Å². The Morgan fingerprint density at radius 3 is 1.76 bits per heavy atom. The minimum absolute atomic E-state index is 0.477. The third kappa shape index (κ3) is 4.96. The van der Waals surface area contributed by atoms with Crippen molar-refractivity contribution in [2.24, 2.45) is 0 Å². The first-order valence-electron chi connectivity index (χ1n) is 6.57. The second-order valence-corrected chi connectivity index (χ2v) is 5.56. The molecule has 0 amide bonds. The summed E-state index contributed by atoms with van der Waals surface area (Å²) in [5, 5.41) is -0.664. The lowest BCUT2D eigenvalue weighted by Gasteiger charge is -2.42. The van der Waals surface area contributed by atoms with E-state index in [4.69, 9.17) is 18.9 Å². The van der Waals surface area contributed by atoms with Gasteiger partial charge in [-0.3, -0.25) is 14.4 Å². The number of hydrogen-bond acceptors (Lipinski definition) is 7. The third-order valence-corrected chi connectivity index (χ3v) is 3.62. The van der Waals surface area contributed by atoms with Crippen molar-refractivity contribution < 1.29 is 33.3 Å². The second kappa shape index (κ2) is 7.74. The molecule has 1 rings (SSSR count). The summed E-state index contributed by atoms with van der Waals surface area (Å²) in [6.45, 7) is 5.56. The Kier molecular flexibility index (Phi) is 6.60. The Bertz CT molecular complexity index is 411. The van der Waals surface area contributed by atoms with Gasteiger partial charge in [-0.25, -0.2) is 0 Å². The number of hydrogen-bond donors (Lipinski definition) is 0. The van der Waals surface area contributed by atoms with Gasteiger partial charge in [-0.1, -0.05) is 22.9 Å². The van der Waals surface area contributed by atoms with Crippen LogP contribution in [0.1, 0.15) is 34.1 Å². The minimum atomic E-state index is -0.932. The molecule has 0 aromatic heterocycles. The molecule has 0 radical (unpaired) electrons. The lowest BCUT2D eigenvalue weighted by Crippen LogP contribution is -2.59. The van der Waals surface area contributed by atoms with Gasteiger partial charge in [0.2, 0.25) is 0 Å². The summed E-state index contributed by atoms with van der Waals surface area (Å²) in [6, 6.07) is 0. The Labute approximate surface area is 131 Å². The molecule has 0 spiro atoms. The first-order chi connectivity index (χ1) is 9.76. The monoisotopic (exact) mass is 366 g/mol. The fourth-order valence-corrected chi connectivity index (χ4v) is 2.86. The van der Waals surface area contributed by atoms with E-state index in [1.807, 2.05) is 6.92 Å². The van der Waals surface area contributed by atoms with Crippen LogP contribution in [0.5, 0.6) is 0 Å². The maximum absolute atomic E-state index is 11.3. The summed E-state index contributed by atoms with van der Waals surface area (Å²) in [7, 11) is 0. The molecule has 5 unspecified atom stereocenters. The van der Waals surface area contributed by atoms with E-state index in [-0.39, 0.29) is 0 Å². The highest BCUT2D eigenvalue weighted by Crippen LogP contribution is 2.32. The molecule has 1 saturated heterocycles. The Balaban J connectivity index is 3.08. The molecular formula is C13H19BrO7. The number of carbonyl (C=O) groups is 3. The smallest absolute Gasteiger partial charge is 0.303 e. The van der Waals surface area contributed by atoms with Gasteiger partial charge in [-0.2, -0.15) is 0 Å². The topological polar surface area (TPSA) is 88.1 Å². The molecule has 8 heteroatoms. The molecule has 21 heavy (non-hydrogen) atoms. The van der Waals surface area contributed by atoms with Crippen LogP contribution >= 0.6 is 15.9 Å². The van der Waals surface area contributed by atoms with E-state index >= 15 is 0 Å². The van der Waals surface area contributed by atoms with Crippen LogP contribution in [-0.2, 0) is 33.3 Å². The molecule has 0 aromatic rings. The molecular weight excluding hydrogens is 348 g/mol. The van der Waals surface area contributed by atoms with Gasteiger partial charge in [-0.05, 0) is 6.42 Å². The lowest BCUT2D eigenvalue weighted by molar-refractivity contribution is -0.230. The minimum Gasteiger partial charge on any atom is -0.456 e. The third-order valence-electron chi connectivity index (χ3n) is 2.89. The zero-order chi connectivity index (χ0) is 16.2. The van der Waals surface area contributed by atoms with Gasteiger partial charge in [-0.15, -0.1) is 0 Å². The maximum atomic E-state index is 11.3. The summed E-state index contributed by atoms with van der Waals surface area (Å²) in [4.78, 5) is 33.8. The van der Waals surface area contributed by atoms with Crippen molar-refractivity contribution in [2.75, 3.05) is 0 Å². The zero-order valence-electron chi connectivity index (χ0n) is 12.3. The summed E-state index contributed by atoms with van der Waals surface area (Å²) in [6.07, 6.45) is -2.62. The van der Waals surface area contributed by atoms with Crippen LogP contribution in [0.3, 0.4) is 0 Å². The number of ether oxygens (including phenoxy) is 4. The molecule has 0 N–H and O–H groups in total. The van der Waals surface area contributed by atoms with Crippen molar-refractivity contribution in [1.82, 2.24) is 0 Å². The molecule has 0 aromatic carbocycles. The molecule has 0 bridgehead atoms. The zero-order valence-corrected chi connectivity index (χ0v) is 13.9. The summed E-state index contributed by atoms with van der Waals surface area (Å²) >= 11 is 3.26. The Morgan fingerprint density at radius 2 is 1.33 bits per heavy atom. The quantitative estimate of drug-likeness (QED) is 0.421. The van der Waals surface area contributed by atoms with Crippen molar-refractivity contribution in [3.05, 3.63) is 0 Å². The lowest BCUT2D eigenvalue weighted by atomic mass is 9.97. The number of carbonyl (C=O) groups excluding carboxylic acids is 3. The standard InChI is InChI=1S/C13H19BrO7/c1-5-9-10(18-6(2)15)11(19-7(3)16)12(13(14)21-9)20-8(4)17/h9-13H,5H2,1-4H3. The number of rotatable bonds is 4. The van der Waals surface area contributed by atoms with Gasteiger partial charge in [0.05, 0.1) is 6.10 Å². The Hall–Kier alpha value is -1.15. The van der Waals surface area contributed by atoms with Crippen LogP contribution < -0.4 is 0 Å². The molecule has 0 saturated carbocycles. The van der Waals surface area contributed by atoms with Crippen molar-refractivity contribution >= 4 is 33.8 Å². The van der Waals surface area contributed by atoms with E-state index in [9.17, 15) is 14.4 Å². The Morgan fingerprint density at radius 1 is 0.905 bits per heavy atom. The predicted octanol–water partition coefficient (Wildman–Crippen LogP) is 1.31. The predicted molar refractivity (Wildman–Crippen MR) is 74.5 cm³/mol. The fourth-order valence-electron chi connectivity index (χ4n) is 2.17. The van der Waals surface area contributed by atoms with Crippen LogP contribution in [0.15, 0.2) is 0 Å². The van der Waals surface area contributed by atoms with Crippen LogP contribution in [0.4, 0.5) is 0 Å². The first-order valence-corrected chi connectivity index (χ1v) is 7.49. The SMILES string of the molecule is CCC1OC(Br)C(OC(C)=O)C(OC(C)=O)C1OC(C)=O. The molecule has 1 heterocycles. The van der Waals surface area contributed by atoms with Gasteiger partial charge in [0.25, 0.3) is 0 Å². The highest BCUT2D eigenvalue weighted by atomic mass is 79.9. The van der Waals surface area contributed by atoms with E-state index < -0.39 is 47.3 Å². The average Bonchev–Trinajstić information content (AvgIpc) is 2.35. The van der Waals surface area contributed by atoms with Gasteiger partial charge >= 0.3 is 17.9 Å². The molecule has 0 aliphatic carbocycles. The molecule has 1 aliphatic rings. The maximum Gasteiger partial charge on any atom is 0.303 e. The van der Waals surface area contributed by atoms with E-state index in [2.05, 4.69) is 15.9 Å². The molecule has 120 valence electrons. The van der Waals surface area contributed by atoms with Crippen molar-refractivity contribution in [2.45, 2.75) is 63.5 Å². The van der Waals surface area contributed by atoms with Crippen molar-refractivity contribution in [3.8, 4) is 0 Å². The second-order valence-electron chi connectivity index (χ2n) is 4.66. The van der Waals surface area contributed by atoms with Crippen molar-refractivity contribution in [1.29, 1.82) is 0 Å². The van der Waals surface area contributed by atoms with Gasteiger partial charge in [0, 0.05) is 20.8 Å². The number of halogens is 1. The highest BCUT2D eigenvalue weighted by molar-refractivity contribution is 9.09. The largest absolute Gasteiger partial charge is 0.456 e.